The Morgan fingerprint density at radius 3 is 2.81 bits per heavy atom. The summed E-state index contributed by atoms with van der Waals surface area (Å²) < 4.78 is 0. The molecule has 1 atom stereocenters. The van der Waals surface area contributed by atoms with Crippen LogP contribution in [0.25, 0.3) is 0 Å². The number of halogens is 1. The fourth-order valence-electron chi connectivity index (χ4n) is 2.68. The molecule has 1 aliphatic carbocycles. The van der Waals surface area contributed by atoms with E-state index in [1.165, 1.54) is 23.4 Å². The number of benzene rings is 1. The molecular formula is C16H15ClN2O2. The monoisotopic (exact) mass is 302 g/mol. The lowest BCUT2D eigenvalue weighted by Gasteiger charge is -2.25. The highest BCUT2D eigenvalue weighted by Gasteiger charge is 2.20. The van der Waals surface area contributed by atoms with Gasteiger partial charge in [0.15, 0.2) is 0 Å². The van der Waals surface area contributed by atoms with Gasteiger partial charge in [0.25, 0.3) is 11.5 Å². The van der Waals surface area contributed by atoms with E-state index in [0.29, 0.717) is 5.56 Å². The third-order valence-electron chi connectivity index (χ3n) is 3.80. The van der Waals surface area contributed by atoms with Crippen LogP contribution in [-0.4, -0.2) is 16.9 Å². The number of aryl methyl sites for hydroxylation is 1. The summed E-state index contributed by atoms with van der Waals surface area (Å²) in [6.07, 6.45) is 4.10. The number of aromatic amines is 1. The van der Waals surface area contributed by atoms with Crippen molar-refractivity contribution in [1.29, 1.82) is 0 Å². The predicted octanol–water partition coefficient (Wildman–Crippen LogP) is 2.32. The Bertz CT molecular complexity index is 739. The molecule has 0 spiro atoms. The number of aromatic nitrogens is 1. The zero-order valence-electron chi connectivity index (χ0n) is 11.4. The van der Waals surface area contributed by atoms with Crippen LogP contribution in [0.4, 0.5) is 0 Å². The number of fused-ring (bicyclic) bond motifs is 1. The number of carbonyl (C=O) groups excluding carboxylic acids is 1. The summed E-state index contributed by atoms with van der Waals surface area (Å²) in [5, 5.41) is 3.03. The Balaban J connectivity index is 1.71. The van der Waals surface area contributed by atoms with Gasteiger partial charge in [-0.3, -0.25) is 9.59 Å². The summed E-state index contributed by atoms with van der Waals surface area (Å²) in [5.41, 5.74) is 2.63. The van der Waals surface area contributed by atoms with Crippen molar-refractivity contribution in [2.45, 2.75) is 25.3 Å². The first-order chi connectivity index (χ1) is 10.1. The SMILES string of the molecule is O=C(N[C@@H]1CCc2ccccc2C1)c1c[nH]c(=O)c(Cl)c1. The average Bonchev–Trinajstić information content (AvgIpc) is 2.50. The van der Waals surface area contributed by atoms with Gasteiger partial charge < -0.3 is 10.3 Å². The molecular weight excluding hydrogens is 288 g/mol. The summed E-state index contributed by atoms with van der Waals surface area (Å²) in [5.74, 6) is -0.211. The maximum Gasteiger partial charge on any atom is 0.266 e. The highest BCUT2D eigenvalue weighted by atomic mass is 35.5. The molecule has 5 heteroatoms. The number of hydrogen-bond acceptors (Lipinski definition) is 2. The summed E-state index contributed by atoms with van der Waals surface area (Å²) >= 11 is 5.74. The maximum absolute atomic E-state index is 12.2. The van der Waals surface area contributed by atoms with E-state index in [9.17, 15) is 9.59 Å². The van der Waals surface area contributed by atoms with Crippen molar-refractivity contribution in [1.82, 2.24) is 10.3 Å². The van der Waals surface area contributed by atoms with Crippen molar-refractivity contribution < 1.29 is 4.79 Å². The van der Waals surface area contributed by atoms with Crippen molar-refractivity contribution in [2.24, 2.45) is 0 Å². The minimum Gasteiger partial charge on any atom is -0.349 e. The van der Waals surface area contributed by atoms with Gasteiger partial charge in [0.05, 0.1) is 5.56 Å². The molecule has 0 aliphatic heterocycles. The van der Waals surface area contributed by atoms with Gasteiger partial charge >= 0.3 is 0 Å². The molecule has 1 aromatic heterocycles. The van der Waals surface area contributed by atoms with Crippen LogP contribution in [0.15, 0.2) is 41.3 Å². The van der Waals surface area contributed by atoms with Gasteiger partial charge in [0, 0.05) is 12.2 Å². The highest BCUT2D eigenvalue weighted by Crippen LogP contribution is 2.21. The van der Waals surface area contributed by atoms with E-state index < -0.39 is 0 Å². The van der Waals surface area contributed by atoms with E-state index in [4.69, 9.17) is 11.6 Å². The van der Waals surface area contributed by atoms with Gasteiger partial charge in [-0.05, 0) is 36.5 Å². The van der Waals surface area contributed by atoms with Gasteiger partial charge in [-0.25, -0.2) is 0 Å². The second-order valence-electron chi connectivity index (χ2n) is 5.25. The third-order valence-corrected chi connectivity index (χ3v) is 4.08. The van der Waals surface area contributed by atoms with E-state index in [2.05, 4.69) is 22.4 Å². The van der Waals surface area contributed by atoms with Crippen LogP contribution in [0.5, 0.6) is 0 Å². The van der Waals surface area contributed by atoms with Crippen molar-refractivity contribution in [3.8, 4) is 0 Å². The Kier molecular flexibility index (Phi) is 3.80. The van der Waals surface area contributed by atoms with E-state index in [0.717, 1.165) is 19.3 Å². The quantitative estimate of drug-likeness (QED) is 0.894. The van der Waals surface area contributed by atoms with E-state index in [-0.39, 0.29) is 22.5 Å². The number of amides is 1. The van der Waals surface area contributed by atoms with Crippen molar-refractivity contribution in [3.63, 3.8) is 0 Å². The van der Waals surface area contributed by atoms with Crippen LogP contribution in [0.2, 0.25) is 5.02 Å². The van der Waals surface area contributed by atoms with E-state index >= 15 is 0 Å². The zero-order chi connectivity index (χ0) is 14.8. The van der Waals surface area contributed by atoms with Gasteiger partial charge in [0.1, 0.15) is 5.02 Å². The first-order valence-corrected chi connectivity index (χ1v) is 7.27. The van der Waals surface area contributed by atoms with Gasteiger partial charge in [-0.1, -0.05) is 35.9 Å². The molecule has 1 amide bonds. The Hall–Kier alpha value is -2.07. The first kappa shape index (κ1) is 13.9. The molecule has 0 bridgehead atoms. The largest absolute Gasteiger partial charge is 0.349 e. The molecule has 0 saturated carbocycles. The molecule has 1 aliphatic rings. The first-order valence-electron chi connectivity index (χ1n) is 6.89. The number of pyridine rings is 1. The molecule has 0 unspecified atom stereocenters. The van der Waals surface area contributed by atoms with Crippen LogP contribution in [-0.2, 0) is 12.8 Å². The van der Waals surface area contributed by atoms with E-state index in [1.807, 2.05) is 12.1 Å². The lowest BCUT2D eigenvalue weighted by Crippen LogP contribution is -2.39. The number of nitrogens with one attached hydrogen (secondary N) is 2. The molecule has 2 N–H and O–H groups in total. The second kappa shape index (κ2) is 5.74. The summed E-state index contributed by atoms with van der Waals surface area (Å²) in [7, 11) is 0. The molecule has 108 valence electrons. The van der Waals surface area contributed by atoms with Crippen molar-refractivity contribution >= 4 is 17.5 Å². The topological polar surface area (TPSA) is 62.0 Å². The molecule has 0 radical (unpaired) electrons. The van der Waals surface area contributed by atoms with Crippen LogP contribution < -0.4 is 10.9 Å². The minimum atomic E-state index is -0.389. The smallest absolute Gasteiger partial charge is 0.266 e. The lowest BCUT2D eigenvalue weighted by molar-refractivity contribution is 0.0933. The average molecular weight is 303 g/mol. The summed E-state index contributed by atoms with van der Waals surface area (Å²) in [6, 6.07) is 9.80. The fourth-order valence-corrected chi connectivity index (χ4v) is 2.85. The fraction of sp³-hybridized carbons (Fsp3) is 0.250. The third kappa shape index (κ3) is 3.00. The molecule has 0 fully saturated rings. The summed E-state index contributed by atoms with van der Waals surface area (Å²) in [4.78, 5) is 25.9. The van der Waals surface area contributed by atoms with Crippen molar-refractivity contribution in [2.75, 3.05) is 0 Å². The van der Waals surface area contributed by atoms with Gasteiger partial charge in [-0.15, -0.1) is 0 Å². The zero-order valence-corrected chi connectivity index (χ0v) is 12.1. The molecule has 4 nitrogen and oxygen atoms in total. The Morgan fingerprint density at radius 2 is 2.05 bits per heavy atom. The lowest BCUT2D eigenvalue weighted by atomic mass is 9.88. The minimum absolute atomic E-state index is 0.0247. The van der Waals surface area contributed by atoms with E-state index in [1.54, 1.807) is 0 Å². The number of carbonyl (C=O) groups is 1. The molecule has 2 aromatic rings. The summed E-state index contributed by atoms with van der Waals surface area (Å²) in [6.45, 7) is 0. The van der Waals surface area contributed by atoms with Crippen molar-refractivity contribution in [3.05, 3.63) is 68.6 Å². The van der Waals surface area contributed by atoms with Gasteiger partial charge in [-0.2, -0.15) is 0 Å². The maximum atomic E-state index is 12.2. The number of hydrogen-bond donors (Lipinski definition) is 2. The molecule has 0 saturated heterocycles. The Labute approximate surface area is 127 Å². The highest BCUT2D eigenvalue weighted by molar-refractivity contribution is 6.30. The number of rotatable bonds is 2. The molecule has 1 heterocycles. The van der Waals surface area contributed by atoms with Crippen LogP contribution in [0.3, 0.4) is 0 Å². The molecule has 1 aromatic carbocycles. The second-order valence-corrected chi connectivity index (χ2v) is 5.65. The standard InChI is InChI=1S/C16H15ClN2O2/c17-14-8-12(9-18-16(14)21)15(20)19-13-6-5-10-3-1-2-4-11(10)7-13/h1-4,8-9,13H,5-7H2,(H,18,21)(H,19,20)/t13-/m1/s1. The van der Waals surface area contributed by atoms with Gasteiger partial charge in [0.2, 0.25) is 0 Å². The molecule has 3 rings (SSSR count). The van der Waals surface area contributed by atoms with Crippen LogP contribution in [0, 0.1) is 0 Å². The normalized spacial score (nSPS) is 17.1. The van der Waals surface area contributed by atoms with Crippen LogP contribution in [0.1, 0.15) is 27.9 Å². The Morgan fingerprint density at radius 1 is 1.29 bits per heavy atom. The van der Waals surface area contributed by atoms with Crippen LogP contribution >= 0.6 is 11.6 Å². The predicted molar refractivity (Wildman–Crippen MR) is 81.8 cm³/mol. The number of H-pyrrole nitrogens is 1. The molecule has 21 heavy (non-hydrogen) atoms.